The lowest BCUT2D eigenvalue weighted by Crippen LogP contribution is -2.43. The van der Waals surface area contributed by atoms with Crippen LogP contribution in [0.2, 0.25) is 0 Å². The molecule has 1 aromatic heterocycles. The van der Waals surface area contributed by atoms with Crippen LogP contribution in [-0.2, 0) is 17.8 Å². The van der Waals surface area contributed by atoms with Crippen LogP contribution in [0.1, 0.15) is 31.5 Å². The highest BCUT2D eigenvalue weighted by molar-refractivity contribution is 7.09. The van der Waals surface area contributed by atoms with Crippen LogP contribution < -0.4 is 11.1 Å². The van der Waals surface area contributed by atoms with E-state index >= 15 is 0 Å². The molecule has 18 heavy (non-hydrogen) atoms. The van der Waals surface area contributed by atoms with E-state index in [-0.39, 0.29) is 36.6 Å². The molecule has 0 fully saturated rings. The molecule has 0 saturated heterocycles. The Bertz CT molecular complexity index is 358. The molecule has 1 rings (SSSR count). The van der Waals surface area contributed by atoms with Crippen molar-refractivity contribution in [1.82, 2.24) is 10.3 Å². The van der Waals surface area contributed by atoms with Crippen LogP contribution in [0.3, 0.4) is 0 Å². The van der Waals surface area contributed by atoms with Gasteiger partial charge in [0.1, 0.15) is 0 Å². The number of thiazole rings is 1. The first-order valence-corrected chi connectivity index (χ1v) is 6.39. The zero-order valence-corrected chi connectivity index (χ0v) is 13.3. The van der Waals surface area contributed by atoms with Gasteiger partial charge in [-0.05, 0) is 12.3 Å². The van der Waals surface area contributed by atoms with Crippen molar-refractivity contribution in [2.45, 2.75) is 39.8 Å². The Labute approximate surface area is 125 Å². The van der Waals surface area contributed by atoms with Crippen molar-refractivity contribution >= 4 is 42.1 Å². The van der Waals surface area contributed by atoms with Gasteiger partial charge < -0.3 is 11.1 Å². The molecule has 0 bridgehead atoms. The van der Waals surface area contributed by atoms with Crippen LogP contribution in [0.15, 0.2) is 5.38 Å². The summed E-state index contributed by atoms with van der Waals surface area (Å²) in [5.41, 5.74) is 6.63. The highest BCUT2D eigenvalue weighted by Gasteiger charge is 2.16. The fourth-order valence-corrected chi connectivity index (χ4v) is 1.94. The van der Waals surface area contributed by atoms with Crippen LogP contribution >= 0.6 is 36.2 Å². The standard InChI is InChI=1S/C11H19N3OS.2ClH/c1-4-9-14-8(6-16-9)5-13-11(15)10(12)7(2)3;;/h6-7,10H,4-5,12H2,1-3H3,(H,13,15);2*1H/t10-;;/m1../s1. The minimum Gasteiger partial charge on any atom is -0.349 e. The third-order valence-corrected chi connectivity index (χ3v) is 3.41. The van der Waals surface area contributed by atoms with Gasteiger partial charge in [-0.3, -0.25) is 4.79 Å². The van der Waals surface area contributed by atoms with E-state index in [0.717, 1.165) is 17.1 Å². The predicted molar refractivity (Wildman–Crippen MR) is 80.6 cm³/mol. The van der Waals surface area contributed by atoms with Crippen molar-refractivity contribution in [1.29, 1.82) is 0 Å². The largest absolute Gasteiger partial charge is 0.349 e. The fourth-order valence-electron chi connectivity index (χ4n) is 1.19. The first-order valence-electron chi connectivity index (χ1n) is 5.51. The minimum atomic E-state index is -0.440. The molecule has 0 aliphatic heterocycles. The Morgan fingerprint density at radius 2 is 2.11 bits per heavy atom. The van der Waals surface area contributed by atoms with Gasteiger partial charge in [0.05, 0.1) is 23.3 Å². The molecule has 0 aromatic carbocycles. The van der Waals surface area contributed by atoms with Crippen molar-refractivity contribution in [2.75, 3.05) is 0 Å². The van der Waals surface area contributed by atoms with E-state index in [1.807, 2.05) is 19.2 Å². The number of carbonyl (C=O) groups is 1. The maximum absolute atomic E-state index is 11.6. The molecule has 1 heterocycles. The van der Waals surface area contributed by atoms with Crippen LogP contribution in [0.5, 0.6) is 0 Å². The monoisotopic (exact) mass is 313 g/mol. The Kier molecular flexibility index (Phi) is 10.6. The van der Waals surface area contributed by atoms with Gasteiger partial charge in [-0.25, -0.2) is 4.98 Å². The molecular formula is C11H21Cl2N3OS. The Hall–Kier alpha value is -0.360. The quantitative estimate of drug-likeness (QED) is 0.875. The number of hydrogen-bond donors (Lipinski definition) is 2. The first kappa shape index (κ1) is 20.0. The van der Waals surface area contributed by atoms with Crippen molar-refractivity contribution in [3.05, 3.63) is 16.1 Å². The topological polar surface area (TPSA) is 68.0 Å². The highest BCUT2D eigenvalue weighted by Crippen LogP contribution is 2.09. The van der Waals surface area contributed by atoms with E-state index in [9.17, 15) is 4.79 Å². The maximum atomic E-state index is 11.6. The second-order valence-electron chi connectivity index (χ2n) is 4.07. The number of halogens is 2. The molecule has 0 spiro atoms. The normalized spacial score (nSPS) is 11.4. The van der Waals surface area contributed by atoms with Crippen LogP contribution in [0.25, 0.3) is 0 Å². The highest BCUT2D eigenvalue weighted by atomic mass is 35.5. The molecule has 3 N–H and O–H groups in total. The van der Waals surface area contributed by atoms with Gasteiger partial charge in [-0.2, -0.15) is 0 Å². The Morgan fingerprint density at radius 1 is 1.50 bits per heavy atom. The average Bonchev–Trinajstić information content (AvgIpc) is 2.72. The summed E-state index contributed by atoms with van der Waals surface area (Å²) in [6, 6.07) is -0.440. The summed E-state index contributed by atoms with van der Waals surface area (Å²) in [5.74, 6) is 0.0442. The van der Waals surface area contributed by atoms with Crippen molar-refractivity contribution in [3.8, 4) is 0 Å². The van der Waals surface area contributed by atoms with E-state index in [4.69, 9.17) is 5.73 Å². The van der Waals surface area contributed by atoms with Crippen LogP contribution in [0, 0.1) is 5.92 Å². The third-order valence-electron chi connectivity index (χ3n) is 2.37. The predicted octanol–water partition coefficient (Wildman–Crippen LogP) is 2.15. The number of nitrogens with zero attached hydrogens (tertiary/aromatic N) is 1. The lowest BCUT2D eigenvalue weighted by molar-refractivity contribution is -0.123. The van der Waals surface area contributed by atoms with Crippen LogP contribution in [0.4, 0.5) is 0 Å². The second-order valence-corrected chi connectivity index (χ2v) is 5.02. The van der Waals surface area contributed by atoms with Crippen LogP contribution in [-0.4, -0.2) is 16.9 Å². The molecule has 4 nitrogen and oxygen atoms in total. The van der Waals surface area contributed by atoms with Gasteiger partial charge >= 0.3 is 0 Å². The molecule has 1 amide bonds. The molecule has 1 atom stereocenters. The number of amides is 1. The van der Waals surface area contributed by atoms with Crippen molar-refractivity contribution in [2.24, 2.45) is 11.7 Å². The summed E-state index contributed by atoms with van der Waals surface area (Å²) in [5, 5.41) is 5.86. The number of aromatic nitrogens is 1. The average molecular weight is 314 g/mol. The summed E-state index contributed by atoms with van der Waals surface area (Å²) >= 11 is 1.62. The molecular weight excluding hydrogens is 293 g/mol. The number of nitrogens with two attached hydrogens (primary N) is 1. The summed E-state index contributed by atoms with van der Waals surface area (Å²) in [6.07, 6.45) is 0.935. The van der Waals surface area contributed by atoms with E-state index in [1.165, 1.54) is 0 Å². The Morgan fingerprint density at radius 3 is 2.56 bits per heavy atom. The first-order chi connectivity index (χ1) is 7.54. The molecule has 106 valence electrons. The smallest absolute Gasteiger partial charge is 0.237 e. The number of aryl methyl sites for hydroxylation is 1. The summed E-state index contributed by atoms with van der Waals surface area (Å²) in [6.45, 7) is 6.40. The maximum Gasteiger partial charge on any atom is 0.237 e. The molecule has 0 aliphatic rings. The number of carbonyl (C=O) groups excluding carboxylic acids is 1. The SMILES string of the molecule is CCc1nc(CNC(=O)[C@H](N)C(C)C)cs1.Cl.Cl. The van der Waals surface area contributed by atoms with Gasteiger partial charge in [0.2, 0.25) is 5.91 Å². The zero-order valence-electron chi connectivity index (χ0n) is 10.8. The lowest BCUT2D eigenvalue weighted by atomic mass is 10.1. The fraction of sp³-hybridized carbons (Fsp3) is 0.636. The van der Waals surface area contributed by atoms with E-state index in [2.05, 4.69) is 17.2 Å². The van der Waals surface area contributed by atoms with Crippen molar-refractivity contribution < 1.29 is 4.79 Å². The van der Waals surface area contributed by atoms with Gasteiger partial charge in [0, 0.05) is 5.38 Å². The van der Waals surface area contributed by atoms with E-state index in [1.54, 1.807) is 11.3 Å². The number of nitrogens with one attached hydrogen (secondary N) is 1. The lowest BCUT2D eigenvalue weighted by Gasteiger charge is -2.14. The summed E-state index contributed by atoms with van der Waals surface area (Å²) in [4.78, 5) is 15.9. The van der Waals surface area contributed by atoms with Gasteiger partial charge in [-0.15, -0.1) is 36.2 Å². The zero-order chi connectivity index (χ0) is 12.1. The molecule has 0 unspecified atom stereocenters. The Balaban J connectivity index is 0. The molecule has 7 heteroatoms. The van der Waals surface area contributed by atoms with Gasteiger partial charge in [0.25, 0.3) is 0 Å². The molecule has 0 radical (unpaired) electrons. The third kappa shape index (κ3) is 6.00. The molecule has 1 aromatic rings. The van der Waals surface area contributed by atoms with Gasteiger partial charge in [-0.1, -0.05) is 20.8 Å². The second kappa shape index (κ2) is 9.55. The number of rotatable bonds is 5. The number of hydrogen-bond acceptors (Lipinski definition) is 4. The summed E-state index contributed by atoms with van der Waals surface area (Å²) in [7, 11) is 0. The van der Waals surface area contributed by atoms with Crippen molar-refractivity contribution in [3.63, 3.8) is 0 Å². The minimum absolute atomic E-state index is 0. The van der Waals surface area contributed by atoms with Gasteiger partial charge in [0.15, 0.2) is 0 Å². The summed E-state index contributed by atoms with van der Waals surface area (Å²) < 4.78 is 0. The van der Waals surface area contributed by atoms with E-state index < -0.39 is 6.04 Å². The molecule has 0 saturated carbocycles. The van der Waals surface area contributed by atoms with E-state index in [0.29, 0.717) is 6.54 Å². The molecule has 0 aliphatic carbocycles.